The van der Waals surface area contributed by atoms with E-state index in [1.807, 2.05) is 30.3 Å². The molecule has 0 saturated carbocycles. The van der Waals surface area contributed by atoms with Gasteiger partial charge in [0.25, 0.3) is 5.91 Å². The number of rotatable bonds is 6. The Labute approximate surface area is 159 Å². The fourth-order valence-corrected chi connectivity index (χ4v) is 4.02. The largest absolute Gasteiger partial charge is 0.493 e. The molecule has 1 N–H and O–H groups in total. The van der Waals surface area contributed by atoms with Crippen LogP contribution in [0.5, 0.6) is 5.75 Å². The van der Waals surface area contributed by atoms with Gasteiger partial charge < -0.3 is 10.1 Å². The van der Waals surface area contributed by atoms with Crippen molar-refractivity contribution in [1.29, 1.82) is 0 Å². The first kappa shape index (κ1) is 19.4. The van der Waals surface area contributed by atoms with Gasteiger partial charge >= 0.3 is 0 Å². The van der Waals surface area contributed by atoms with Crippen LogP contribution in [0, 0.1) is 5.92 Å². The van der Waals surface area contributed by atoms with Crippen LogP contribution in [0.3, 0.4) is 0 Å². The molecular formula is C18H24N4O4S. The summed E-state index contributed by atoms with van der Waals surface area (Å²) in [7, 11) is -1.64. The lowest BCUT2D eigenvalue weighted by atomic mass is 9.98. The van der Waals surface area contributed by atoms with Crippen molar-refractivity contribution in [2.45, 2.75) is 12.8 Å². The lowest BCUT2D eigenvalue weighted by Crippen LogP contribution is -2.41. The number of carbonyl (C=O) groups excluding carboxylic acids is 1. The van der Waals surface area contributed by atoms with Crippen LogP contribution in [0.15, 0.2) is 36.5 Å². The summed E-state index contributed by atoms with van der Waals surface area (Å²) in [4.78, 5) is 12.6. The van der Waals surface area contributed by atoms with Gasteiger partial charge in [0, 0.05) is 19.6 Å². The molecular weight excluding hydrogens is 368 g/mol. The van der Waals surface area contributed by atoms with Crippen LogP contribution in [-0.4, -0.2) is 61.4 Å². The molecule has 8 nitrogen and oxygen atoms in total. The van der Waals surface area contributed by atoms with Crippen molar-refractivity contribution < 1.29 is 17.9 Å². The molecule has 1 aliphatic rings. The first-order valence-electron chi connectivity index (χ1n) is 8.81. The molecule has 2 heterocycles. The van der Waals surface area contributed by atoms with Crippen molar-refractivity contribution in [2.24, 2.45) is 5.92 Å². The normalized spacial score (nSPS) is 16.2. The lowest BCUT2D eigenvalue weighted by molar-refractivity contribution is 0.0933. The molecule has 1 aromatic carbocycles. The molecule has 0 atom stereocenters. The minimum Gasteiger partial charge on any atom is -0.493 e. The molecule has 27 heavy (non-hydrogen) atoms. The second-order valence-electron chi connectivity index (χ2n) is 6.64. The van der Waals surface area contributed by atoms with Crippen LogP contribution in [0.25, 0.3) is 5.69 Å². The third-order valence-corrected chi connectivity index (χ3v) is 6.03. The summed E-state index contributed by atoms with van der Waals surface area (Å²) in [6.45, 7) is 1.47. The third-order valence-electron chi connectivity index (χ3n) is 4.73. The van der Waals surface area contributed by atoms with Crippen LogP contribution in [0.4, 0.5) is 0 Å². The van der Waals surface area contributed by atoms with Gasteiger partial charge in [-0.15, -0.1) is 0 Å². The number of ether oxygens (including phenoxy) is 1. The van der Waals surface area contributed by atoms with Gasteiger partial charge in [0.2, 0.25) is 10.0 Å². The highest BCUT2D eigenvalue weighted by Gasteiger charge is 2.26. The highest BCUT2D eigenvalue weighted by Crippen LogP contribution is 2.21. The minimum absolute atomic E-state index is 0.231. The molecule has 0 spiro atoms. The van der Waals surface area contributed by atoms with Crippen LogP contribution < -0.4 is 10.1 Å². The van der Waals surface area contributed by atoms with Gasteiger partial charge in [-0.2, -0.15) is 5.10 Å². The maximum absolute atomic E-state index is 12.6. The molecule has 1 aromatic heterocycles. The topological polar surface area (TPSA) is 93.5 Å². The molecule has 1 fully saturated rings. The van der Waals surface area contributed by atoms with Crippen molar-refractivity contribution in [3.8, 4) is 11.4 Å². The minimum atomic E-state index is -3.14. The summed E-state index contributed by atoms with van der Waals surface area (Å²) in [5, 5.41) is 7.25. The van der Waals surface area contributed by atoms with E-state index < -0.39 is 10.0 Å². The van der Waals surface area contributed by atoms with Crippen molar-refractivity contribution in [2.75, 3.05) is 33.0 Å². The van der Waals surface area contributed by atoms with E-state index in [9.17, 15) is 13.2 Å². The Morgan fingerprint density at radius 2 is 1.93 bits per heavy atom. The summed E-state index contributed by atoms with van der Waals surface area (Å²) < 4.78 is 31.5. The molecule has 0 unspecified atom stereocenters. The van der Waals surface area contributed by atoms with E-state index in [-0.39, 0.29) is 17.5 Å². The number of nitrogens with zero attached hydrogens (tertiary/aromatic N) is 3. The zero-order valence-electron chi connectivity index (χ0n) is 15.5. The molecule has 0 bridgehead atoms. The molecule has 2 aromatic rings. The number of aromatic nitrogens is 2. The van der Waals surface area contributed by atoms with Gasteiger partial charge in [-0.3, -0.25) is 4.79 Å². The monoisotopic (exact) mass is 392 g/mol. The first-order valence-corrected chi connectivity index (χ1v) is 10.7. The van der Waals surface area contributed by atoms with Crippen molar-refractivity contribution >= 4 is 15.9 Å². The van der Waals surface area contributed by atoms with E-state index in [1.54, 1.807) is 10.9 Å². The maximum Gasteiger partial charge on any atom is 0.275 e. The Bertz CT molecular complexity index is 887. The molecule has 1 amide bonds. The second-order valence-corrected chi connectivity index (χ2v) is 8.62. The van der Waals surface area contributed by atoms with Crippen LogP contribution in [0.2, 0.25) is 0 Å². The molecule has 1 saturated heterocycles. The molecule has 0 aliphatic carbocycles. The highest BCUT2D eigenvalue weighted by molar-refractivity contribution is 7.88. The Hall–Kier alpha value is -2.39. The summed E-state index contributed by atoms with van der Waals surface area (Å²) in [5.74, 6) is 0.351. The van der Waals surface area contributed by atoms with Gasteiger partial charge in [0.05, 0.1) is 25.2 Å². The number of hydrogen-bond donors (Lipinski definition) is 1. The van der Waals surface area contributed by atoms with Crippen LogP contribution in [0.1, 0.15) is 23.3 Å². The Morgan fingerprint density at radius 3 is 2.52 bits per heavy atom. The number of sulfonamides is 1. The van der Waals surface area contributed by atoms with E-state index >= 15 is 0 Å². The molecule has 3 rings (SSSR count). The van der Waals surface area contributed by atoms with Crippen LogP contribution >= 0.6 is 0 Å². The number of piperidine rings is 1. The van der Waals surface area contributed by atoms with Gasteiger partial charge in [-0.25, -0.2) is 17.4 Å². The first-order chi connectivity index (χ1) is 12.9. The summed E-state index contributed by atoms with van der Waals surface area (Å²) in [5.41, 5.74) is 1.07. The zero-order valence-corrected chi connectivity index (χ0v) is 16.3. The maximum atomic E-state index is 12.6. The quantitative estimate of drug-likeness (QED) is 0.799. The summed E-state index contributed by atoms with van der Waals surface area (Å²) in [6, 6.07) is 9.48. The standard InChI is InChI=1S/C18H24N4O4S/c1-26-16-13-22(15-6-4-3-5-7-15)20-17(16)18(23)19-12-14-8-10-21(11-9-14)27(2,24)25/h3-7,13-14H,8-12H2,1-2H3,(H,19,23). The molecule has 146 valence electrons. The number of amides is 1. The Morgan fingerprint density at radius 1 is 1.26 bits per heavy atom. The van der Waals surface area contributed by atoms with Gasteiger partial charge in [-0.1, -0.05) is 18.2 Å². The predicted octanol–water partition coefficient (Wildman–Crippen LogP) is 1.28. The highest BCUT2D eigenvalue weighted by atomic mass is 32.2. The van der Waals surface area contributed by atoms with Crippen molar-refractivity contribution in [3.63, 3.8) is 0 Å². The predicted molar refractivity (Wildman–Crippen MR) is 102 cm³/mol. The lowest BCUT2D eigenvalue weighted by Gasteiger charge is -2.30. The fourth-order valence-electron chi connectivity index (χ4n) is 3.14. The number of hydrogen-bond acceptors (Lipinski definition) is 5. The number of benzene rings is 1. The molecule has 1 aliphatic heterocycles. The zero-order chi connectivity index (χ0) is 19.4. The van der Waals surface area contributed by atoms with Gasteiger partial charge in [-0.05, 0) is 30.9 Å². The smallest absolute Gasteiger partial charge is 0.275 e. The van der Waals surface area contributed by atoms with E-state index in [2.05, 4.69) is 10.4 Å². The average Bonchev–Trinajstić information content (AvgIpc) is 3.11. The second kappa shape index (κ2) is 8.10. The SMILES string of the molecule is COc1cn(-c2ccccc2)nc1C(=O)NCC1CCN(S(C)(=O)=O)CC1. The van der Waals surface area contributed by atoms with Gasteiger partial charge in [0.1, 0.15) is 0 Å². The van der Waals surface area contributed by atoms with Crippen LogP contribution in [-0.2, 0) is 10.0 Å². The summed E-state index contributed by atoms with van der Waals surface area (Å²) >= 11 is 0. The third kappa shape index (κ3) is 4.67. The number of nitrogens with one attached hydrogen (secondary N) is 1. The number of carbonyl (C=O) groups is 1. The molecule has 9 heteroatoms. The van der Waals surface area contributed by atoms with E-state index in [0.29, 0.717) is 25.4 Å². The Balaban J connectivity index is 1.61. The number of para-hydroxylation sites is 1. The summed E-state index contributed by atoms with van der Waals surface area (Å²) in [6.07, 6.45) is 4.35. The number of methoxy groups -OCH3 is 1. The van der Waals surface area contributed by atoms with E-state index in [0.717, 1.165) is 18.5 Å². The van der Waals surface area contributed by atoms with Gasteiger partial charge in [0.15, 0.2) is 11.4 Å². The van der Waals surface area contributed by atoms with E-state index in [1.165, 1.54) is 17.7 Å². The fraction of sp³-hybridized carbons (Fsp3) is 0.444. The average molecular weight is 392 g/mol. The molecule has 0 radical (unpaired) electrons. The Kier molecular flexibility index (Phi) is 5.81. The van der Waals surface area contributed by atoms with E-state index in [4.69, 9.17) is 4.74 Å². The van der Waals surface area contributed by atoms with Crippen molar-refractivity contribution in [3.05, 3.63) is 42.2 Å². The van der Waals surface area contributed by atoms with Crippen molar-refractivity contribution in [1.82, 2.24) is 19.4 Å².